The lowest BCUT2D eigenvalue weighted by Gasteiger charge is -2.20. The molecule has 0 aliphatic heterocycles. The number of esters is 1. The Kier molecular flexibility index (Phi) is 5.22. The quantitative estimate of drug-likeness (QED) is 0.795. The van der Waals surface area contributed by atoms with Crippen LogP contribution in [0.3, 0.4) is 0 Å². The van der Waals surface area contributed by atoms with E-state index in [1.807, 2.05) is 6.07 Å². The van der Waals surface area contributed by atoms with E-state index in [2.05, 4.69) is 4.74 Å². The van der Waals surface area contributed by atoms with Crippen LogP contribution in [0.15, 0.2) is 30.3 Å². The monoisotopic (exact) mass is 258 g/mol. The maximum absolute atomic E-state index is 13.4. The molecule has 1 unspecified atom stereocenters. The number of carbonyl (C=O) groups is 1. The maximum atomic E-state index is 13.4. The highest BCUT2D eigenvalue weighted by molar-refractivity contribution is 5.78. The van der Waals surface area contributed by atoms with Crippen molar-refractivity contribution in [2.45, 2.75) is 31.8 Å². The van der Waals surface area contributed by atoms with Crippen LogP contribution in [0.2, 0.25) is 0 Å². The fraction of sp³-hybridized carbons (Fsp3) is 0.462. The third kappa shape index (κ3) is 3.77. The first-order valence-electron chi connectivity index (χ1n) is 5.75. The molecule has 5 heteroatoms. The summed E-state index contributed by atoms with van der Waals surface area (Å²) in [5.41, 5.74) is 0.830. The Morgan fingerprint density at radius 2 is 2.00 bits per heavy atom. The number of rotatable bonds is 6. The minimum absolute atomic E-state index is 0.139. The third-order valence-electron chi connectivity index (χ3n) is 2.52. The van der Waals surface area contributed by atoms with Gasteiger partial charge < -0.3 is 9.84 Å². The van der Waals surface area contributed by atoms with Crippen LogP contribution in [0.5, 0.6) is 0 Å². The molecule has 0 saturated carbocycles. The van der Waals surface area contributed by atoms with Crippen molar-refractivity contribution in [1.82, 2.24) is 0 Å². The average molecular weight is 258 g/mol. The molecule has 0 saturated heterocycles. The van der Waals surface area contributed by atoms with Crippen LogP contribution in [0, 0.1) is 0 Å². The highest BCUT2D eigenvalue weighted by Gasteiger charge is 2.47. The molecule has 1 aromatic rings. The molecule has 100 valence electrons. The van der Waals surface area contributed by atoms with Gasteiger partial charge >= 0.3 is 11.9 Å². The second kappa shape index (κ2) is 6.44. The summed E-state index contributed by atoms with van der Waals surface area (Å²) in [6, 6.07) is 8.92. The summed E-state index contributed by atoms with van der Waals surface area (Å²) in [7, 11) is 0. The lowest BCUT2D eigenvalue weighted by molar-refractivity contribution is -0.188. The fourth-order valence-corrected chi connectivity index (χ4v) is 1.49. The molecule has 0 aliphatic rings. The van der Waals surface area contributed by atoms with E-state index in [0.29, 0.717) is 0 Å². The second-order valence-corrected chi connectivity index (χ2v) is 3.88. The van der Waals surface area contributed by atoms with Gasteiger partial charge in [-0.15, -0.1) is 0 Å². The van der Waals surface area contributed by atoms with Crippen molar-refractivity contribution in [3.63, 3.8) is 0 Å². The summed E-state index contributed by atoms with van der Waals surface area (Å²) in [6.45, 7) is 1.30. The van der Waals surface area contributed by atoms with Gasteiger partial charge in [0, 0.05) is 0 Å². The molecule has 0 bridgehead atoms. The summed E-state index contributed by atoms with van der Waals surface area (Å²) >= 11 is 0. The average Bonchev–Trinajstić information content (AvgIpc) is 2.37. The Labute approximate surface area is 104 Å². The fourth-order valence-electron chi connectivity index (χ4n) is 1.49. The number of aryl methyl sites for hydroxylation is 1. The number of alkyl halides is 2. The van der Waals surface area contributed by atoms with Crippen LogP contribution >= 0.6 is 0 Å². The van der Waals surface area contributed by atoms with Crippen LogP contribution in [0.25, 0.3) is 0 Å². The number of hydrogen-bond acceptors (Lipinski definition) is 3. The Bertz CT molecular complexity index is 379. The summed E-state index contributed by atoms with van der Waals surface area (Å²) in [4.78, 5) is 11.0. The van der Waals surface area contributed by atoms with E-state index in [9.17, 15) is 18.7 Å². The van der Waals surface area contributed by atoms with Crippen LogP contribution < -0.4 is 0 Å². The van der Waals surface area contributed by atoms with E-state index in [4.69, 9.17) is 0 Å². The molecule has 0 amide bonds. The second-order valence-electron chi connectivity index (χ2n) is 3.88. The van der Waals surface area contributed by atoms with Gasteiger partial charge in [-0.25, -0.2) is 4.79 Å². The van der Waals surface area contributed by atoms with Crippen LogP contribution in [0.1, 0.15) is 18.9 Å². The molecule has 18 heavy (non-hydrogen) atoms. The molecular formula is C13H16F2O3. The molecule has 0 aromatic heterocycles. The molecule has 0 heterocycles. The van der Waals surface area contributed by atoms with E-state index < -0.39 is 18.0 Å². The van der Waals surface area contributed by atoms with Crippen molar-refractivity contribution in [1.29, 1.82) is 0 Å². The first-order chi connectivity index (χ1) is 8.48. The van der Waals surface area contributed by atoms with Gasteiger partial charge in [0.25, 0.3) is 0 Å². The van der Waals surface area contributed by atoms with E-state index in [0.717, 1.165) is 5.56 Å². The Morgan fingerprint density at radius 1 is 1.39 bits per heavy atom. The van der Waals surface area contributed by atoms with Crippen molar-refractivity contribution in [3.8, 4) is 0 Å². The summed E-state index contributed by atoms with van der Waals surface area (Å²) in [6.07, 6.45) is -1.95. The van der Waals surface area contributed by atoms with Crippen molar-refractivity contribution in [2.24, 2.45) is 0 Å². The maximum Gasteiger partial charge on any atom is 0.379 e. The van der Waals surface area contributed by atoms with E-state index >= 15 is 0 Å². The van der Waals surface area contributed by atoms with Crippen molar-refractivity contribution in [3.05, 3.63) is 35.9 Å². The first kappa shape index (κ1) is 14.6. The Balaban J connectivity index is 2.54. The number of aliphatic hydroxyl groups excluding tert-OH is 1. The lowest BCUT2D eigenvalue weighted by Crippen LogP contribution is -2.43. The van der Waals surface area contributed by atoms with Gasteiger partial charge in [-0.3, -0.25) is 0 Å². The third-order valence-corrected chi connectivity index (χ3v) is 2.52. The van der Waals surface area contributed by atoms with Crippen LogP contribution in [-0.4, -0.2) is 29.7 Å². The Morgan fingerprint density at radius 3 is 2.56 bits per heavy atom. The van der Waals surface area contributed by atoms with Gasteiger partial charge in [-0.2, -0.15) is 8.78 Å². The SMILES string of the molecule is CCOC(=O)C(F)(F)C(O)CCc1ccccc1. The number of benzene rings is 1. The van der Waals surface area contributed by atoms with Crippen molar-refractivity contribution >= 4 is 5.97 Å². The zero-order valence-corrected chi connectivity index (χ0v) is 10.1. The number of carbonyl (C=O) groups excluding carboxylic acids is 1. The molecule has 0 radical (unpaired) electrons. The lowest BCUT2D eigenvalue weighted by atomic mass is 10.0. The van der Waals surface area contributed by atoms with Crippen LogP contribution in [-0.2, 0) is 16.0 Å². The predicted molar refractivity (Wildman–Crippen MR) is 62.3 cm³/mol. The highest BCUT2D eigenvalue weighted by Crippen LogP contribution is 2.24. The first-order valence-corrected chi connectivity index (χ1v) is 5.75. The Hall–Kier alpha value is -1.49. The molecule has 0 aliphatic carbocycles. The zero-order chi connectivity index (χ0) is 13.6. The zero-order valence-electron chi connectivity index (χ0n) is 10.1. The minimum atomic E-state index is -3.86. The predicted octanol–water partition coefficient (Wildman–Crippen LogP) is 2.18. The normalized spacial score (nSPS) is 13.1. The molecular weight excluding hydrogens is 242 g/mol. The van der Waals surface area contributed by atoms with E-state index in [1.54, 1.807) is 24.3 Å². The van der Waals surface area contributed by atoms with Gasteiger partial charge in [0.05, 0.1) is 6.61 Å². The highest BCUT2D eigenvalue weighted by atomic mass is 19.3. The topological polar surface area (TPSA) is 46.5 Å². The molecule has 1 rings (SSSR count). The number of halogens is 2. The smallest absolute Gasteiger partial charge is 0.379 e. The molecule has 3 nitrogen and oxygen atoms in total. The van der Waals surface area contributed by atoms with Gasteiger partial charge in [0.2, 0.25) is 0 Å². The number of ether oxygens (including phenoxy) is 1. The molecule has 1 N–H and O–H groups in total. The largest absolute Gasteiger partial charge is 0.461 e. The summed E-state index contributed by atoms with van der Waals surface area (Å²) < 4.78 is 31.0. The molecule has 1 atom stereocenters. The van der Waals surface area contributed by atoms with Gasteiger partial charge in [-0.05, 0) is 25.3 Å². The molecule has 0 fully saturated rings. The van der Waals surface area contributed by atoms with Gasteiger partial charge in [0.1, 0.15) is 6.10 Å². The van der Waals surface area contributed by atoms with Crippen molar-refractivity contribution < 1.29 is 23.4 Å². The van der Waals surface area contributed by atoms with Gasteiger partial charge in [-0.1, -0.05) is 30.3 Å². The van der Waals surface area contributed by atoms with E-state index in [1.165, 1.54) is 6.92 Å². The van der Waals surface area contributed by atoms with Gasteiger partial charge in [0.15, 0.2) is 0 Å². The summed E-state index contributed by atoms with van der Waals surface area (Å²) in [5.74, 6) is -5.53. The number of aliphatic hydroxyl groups is 1. The minimum Gasteiger partial charge on any atom is -0.461 e. The molecule has 1 aromatic carbocycles. The molecule has 0 spiro atoms. The van der Waals surface area contributed by atoms with E-state index in [-0.39, 0.29) is 19.4 Å². The summed E-state index contributed by atoms with van der Waals surface area (Å²) in [5, 5.41) is 9.38. The number of hydrogen-bond donors (Lipinski definition) is 1. The standard InChI is InChI=1S/C13H16F2O3/c1-2-18-12(17)13(14,15)11(16)9-8-10-6-4-3-5-7-10/h3-7,11,16H,2,8-9H2,1H3. The van der Waals surface area contributed by atoms with Crippen molar-refractivity contribution in [2.75, 3.05) is 6.61 Å². The van der Waals surface area contributed by atoms with Crippen LogP contribution in [0.4, 0.5) is 8.78 Å².